The molecule has 0 fully saturated rings. The molecule has 2 aromatic heterocycles. The molecule has 0 saturated heterocycles. The molecule has 1 atom stereocenters. The van der Waals surface area contributed by atoms with Crippen LogP contribution in [-0.2, 0) is 9.53 Å². The zero-order valence-electron chi connectivity index (χ0n) is 12.4. The Bertz CT molecular complexity index is 785. The van der Waals surface area contributed by atoms with Gasteiger partial charge in [-0.15, -0.1) is 0 Å². The van der Waals surface area contributed by atoms with E-state index in [1.54, 1.807) is 12.1 Å². The van der Waals surface area contributed by atoms with Gasteiger partial charge in [-0.1, -0.05) is 6.07 Å². The average Bonchev–Trinajstić information content (AvgIpc) is 3.01. The number of alkyl halides is 3. The number of carbonyl (C=O) groups is 1. The van der Waals surface area contributed by atoms with E-state index in [1.807, 2.05) is 0 Å². The molecule has 2 aromatic rings. The second-order valence-electron chi connectivity index (χ2n) is 4.85. The SMILES string of the molecule is CCOC(=O)C1=C(C(F)(F)F)Nc2ncnn2[C@@H]1c1cccnc1. The van der Waals surface area contributed by atoms with Crippen molar-refractivity contribution in [3.8, 4) is 0 Å². The van der Waals surface area contributed by atoms with Crippen molar-refractivity contribution in [3.63, 3.8) is 0 Å². The number of rotatable bonds is 3. The van der Waals surface area contributed by atoms with Crippen LogP contribution in [0.2, 0.25) is 0 Å². The van der Waals surface area contributed by atoms with E-state index in [-0.39, 0.29) is 12.6 Å². The number of anilines is 1. The van der Waals surface area contributed by atoms with Crippen LogP contribution in [0.25, 0.3) is 0 Å². The molecule has 0 saturated carbocycles. The number of nitrogens with one attached hydrogen (secondary N) is 1. The van der Waals surface area contributed by atoms with Gasteiger partial charge in [0.25, 0.3) is 0 Å². The molecule has 3 heterocycles. The molecule has 24 heavy (non-hydrogen) atoms. The van der Waals surface area contributed by atoms with Crippen molar-refractivity contribution in [2.24, 2.45) is 0 Å². The van der Waals surface area contributed by atoms with E-state index < -0.39 is 29.5 Å². The fourth-order valence-corrected chi connectivity index (χ4v) is 2.46. The van der Waals surface area contributed by atoms with Gasteiger partial charge in [-0.05, 0) is 18.6 Å². The maximum absolute atomic E-state index is 13.5. The van der Waals surface area contributed by atoms with E-state index in [2.05, 4.69) is 20.4 Å². The van der Waals surface area contributed by atoms with Crippen LogP contribution in [0.3, 0.4) is 0 Å². The highest BCUT2D eigenvalue weighted by molar-refractivity contribution is 5.92. The van der Waals surface area contributed by atoms with Gasteiger partial charge < -0.3 is 10.1 Å². The Morgan fingerprint density at radius 1 is 1.46 bits per heavy atom. The zero-order valence-corrected chi connectivity index (χ0v) is 12.4. The number of carbonyl (C=O) groups excluding carboxylic acids is 1. The lowest BCUT2D eigenvalue weighted by Gasteiger charge is -2.29. The molecule has 0 bridgehead atoms. The first-order chi connectivity index (χ1) is 11.4. The molecular formula is C14H12F3N5O2. The Kier molecular flexibility index (Phi) is 3.96. The first-order valence-corrected chi connectivity index (χ1v) is 6.98. The van der Waals surface area contributed by atoms with Crippen molar-refractivity contribution in [3.05, 3.63) is 47.7 Å². The Morgan fingerprint density at radius 3 is 2.88 bits per heavy atom. The first-order valence-electron chi connectivity index (χ1n) is 6.98. The largest absolute Gasteiger partial charge is 0.463 e. The van der Waals surface area contributed by atoms with Crippen LogP contribution in [0.4, 0.5) is 19.1 Å². The van der Waals surface area contributed by atoms with Crippen LogP contribution in [0, 0.1) is 0 Å². The molecule has 0 aromatic carbocycles. The molecule has 3 rings (SSSR count). The highest BCUT2D eigenvalue weighted by atomic mass is 19.4. The van der Waals surface area contributed by atoms with Gasteiger partial charge in [0.2, 0.25) is 5.95 Å². The van der Waals surface area contributed by atoms with Crippen molar-refractivity contribution in [2.45, 2.75) is 19.1 Å². The summed E-state index contributed by atoms with van der Waals surface area (Å²) in [5.41, 5.74) is -1.44. The van der Waals surface area contributed by atoms with E-state index in [1.165, 1.54) is 24.0 Å². The van der Waals surface area contributed by atoms with Crippen LogP contribution in [-0.4, -0.2) is 38.5 Å². The topological polar surface area (TPSA) is 81.9 Å². The fourth-order valence-electron chi connectivity index (χ4n) is 2.46. The number of aromatic nitrogens is 4. The molecule has 0 amide bonds. The molecule has 1 aliphatic rings. The van der Waals surface area contributed by atoms with E-state index in [9.17, 15) is 18.0 Å². The number of nitrogens with zero attached hydrogens (tertiary/aromatic N) is 4. The number of pyridine rings is 1. The van der Waals surface area contributed by atoms with Crippen LogP contribution >= 0.6 is 0 Å². The van der Waals surface area contributed by atoms with E-state index >= 15 is 0 Å². The number of ether oxygens (including phenoxy) is 1. The quantitative estimate of drug-likeness (QED) is 0.862. The van der Waals surface area contributed by atoms with Crippen molar-refractivity contribution >= 4 is 11.9 Å². The van der Waals surface area contributed by atoms with Crippen molar-refractivity contribution in [2.75, 3.05) is 11.9 Å². The summed E-state index contributed by atoms with van der Waals surface area (Å²) in [6.07, 6.45) is -0.840. The van der Waals surface area contributed by atoms with Gasteiger partial charge in [-0.25, -0.2) is 9.48 Å². The highest BCUT2D eigenvalue weighted by Gasteiger charge is 2.46. The molecule has 0 spiro atoms. The zero-order chi connectivity index (χ0) is 17.3. The lowest BCUT2D eigenvalue weighted by atomic mass is 9.96. The first kappa shape index (κ1) is 16.0. The standard InChI is InChI=1S/C14H12F3N5O2/c1-2-24-12(23)9-10(8-4-3-5-18-6-8)22-13(19-7-20-22)21-11(9)14(15,16)17/h3-7,10H,2H2,1H3,(H,19,20,21)/t10-/m1/s1. The fraction of sp³-hybridized carbons (Fsp3) is 0.286. The third kappa shape index (κ3) is 2.70. The number of halogens is 3. The second-order valence-corrected chi connectivity index (χ2v) is 4.85. The van der Waals surface area contributed by atoms with Crippen LogP contribution in [0.15, 0.2) is 42.1 Å². The molecule has 0 unspecified atom stereocenters. The van der Waals surface area contributed by atoms with Crippen LogP contribution < -0.4 is 5.32 Å². The maximum Gasteiger partial charge on any atom is 0.431 e. The van der Waals surface area contributed by atoms with Crippen molar-refractivity contribution in [1.82, 2.24) is 19.7 Å². The number of hydrogen-bond acceptors (Lipinski definition) is 6. The summed E-state index contributed by atoms with van der Waals surface area (Å²) >= 11 is 0. The Morgan fingerprint density at radius 2 is 2.25 bits per heavy atom. The highest BCUT2D eigenvalue weighted by Crippen LogP contribution is 2.40. The summed E-state index contributed by atoms with van der Waals surface area (Å²) < 4.78 is 46.5. The van der Waals surface area contributed by atoms with Crippen LogP contribution in [0.1, 0.15) is 18.5 Å². The maximum atomic E-state index is 13.5. The average molecular weight is 339 g/mol. The normalized spacial score (nSPS) is 17.2. The predicted molar refractivity (Wildman–Crippen MR) is 75.7 cm³/mol. The molecular weight excluding hydrogens is 327 g/mol. The smallest absolute Gasteiger partial charge is 0.431 e. The van der Waals surface area contributed by atoms with E-state index in [0.717, 1.165) is 6.33 Å². The van der Waals surface area contributed by atoms with Gasteiger partial charge >= 0.3 is 12.1 Å². The predicted octanol–water partition coefficient (Wildman–Crippen LogP) is 2.07. The van der Waals surface area contributed by atoms with Gasteiger partial charge in [-0.2, -0.15) is 23.3 Å². The van der Waals surface area contributed by atoms with Gasteiger partial charge in [-0.3, -0.25) is 4.98 Å². The van der Waals surface area contributed by atoms with Gasteiger partial charge in [0, 0.05) is 12.4 Å². The monoisotopic (exact) mass is 339 g/mol. The number of fused-ring (bicyclic) bond motifs is 1. The van der Waals surface area contributed by atoms with Gasteiger partial charge in [0.15, 0.2) is 0 Å². The lowest BCUT2D eigenvalue weighted by Crippen LogP contribution is -2.35. The third-order valence-corrected chi connectivity index (χ3v) is 3.38. The Balaban J connectivity index is 2.24. The van der Waals surface area contributed by atoms with E-state index in [4.69, 9.17) is 4.74 Å². The molecule has 0 aliphatic carbocycles. The molecule has 1 N–H and O–H groups in total. The minimum absolute atomic E-state index is 0.0581. The van der Waals surface area contributed by atoms with Crippen LogP contribution in [0.5, 0.6) is 0 Å². The summed E-state index contributed by atoms with van der Waals surface area (Å²) in [4.78, 5) is 19.9. The molecule has 0 radical (unpaired) electrons. The lowest BCUT2D eigenvalue weighted by molar-refractivity contribution is -0.140. The number of hydrogen-bond donors (Lipinski definition) is 1. The summed E-state index contributed by atoms with van der Waals surface area (Å²) in [6, 6.07) is 1.97. The Hall–Kier alpha value is -2.91. The minimum atomic E-state index is -4.79. The summed E-state index contributed by atoms with van der Waals surface area (Å²) in [5.74, 6) is -1.20. The number of esters is 1. The third-order valence-electron chi connectivity index (χ3n) is 3.38. The van der Waals surface area contributed by atoms with Gasteiger partial charge in [0.1, 0.15) is 18.1 Å². The summed E-state index contributed by atoms with van der Waals surface area (Å²) in [6.45, 7) is 1.46. The molecule has 126 valence electrons. The summed E-state index contributed by atoms with van der Waals surface area (Å²) in [5, 5.41) is 6.06. The second kappa shape index (κ2) is 5.95. The van der Waals surface area contributed by atoms with Crippen molar-refractivity contribution < 1.29 is 22.7 Å². The van der Waals surface area contributed by atoms with Crippen molar-refractivity contribution in [1.29, 1.82) is 0 Å². The summed E-state index contributed by atoms with van der Waals surface area (Å²) in [7, 11) is 0. The Labute approximate surface area is 134 Å². The van der Waals surface area contributed by atoms with E-state index in [0.29, 0.717) is 5.56 Å². The molecule has 10 heteroatoms. The van der Waals surface area contributed by atoms with Gasteiger partial charge in [0.05, 0.1) is 12.2 Å². The minimum Gasteiger partial charge on any atom is -0.463 e. The molecule has 1 aliphatic heterocycles. The molecule has 7 nitrogen and oxygen atoms in total. The number of allylic oxidation sites excluding steroid dienone is 1.